The summed E-state index contributed by atoms with van der Waals surface area (Å²) in [7, 11) is 0. The average molecular weight is 280 g/mol. The zero-order valence-corrected chi connectivity index (χ0v) is 12.0. The molecule has 2 amide bonds. The van der Waals surface area contributed by atoms with Crippen LogP contribution < -0.4 is 5.73 Å². The van der Waals surface area contributed by atoms with Gasteiger partial charge in [0.2, 0.25) is 11.8 Å². The van der Waals surface area contributed by atoms with E-state index in [9.17, 15) is 9.59 Å². The Hall–Kier alpha value is -0.970. The van der Waals surface area contributed by atoms with E-state index in [1.54, 1.807) is 0 Å². The number of hydrogen-bond acceptors (Lipinski definition) is 3. The fourth-order valence-corrected chi connectivity index (χ4v) is 4.54. The molecule has 2 saturated carbocycles. The first-order valence-electron chi connectivity index (χ1n) is 7.15. The highest BCUT2D eigenvalue weighted by Gasteiger charge is 2.59. The standard InChI is InChI=1S/C14H20N2O2S/c1-8-6-9-10(7-8)12(18)16(11(9)17)14(13(15)19)4-2-3-5-14/h8-10H,2-7H2,1H3,(H2,15,19). The van der Waals surface area contributed by atoms with Crippen molar-refractivity contribution < 1.29 is 9.59 Å². The molecule has 0 radical (unpaired) electrons. The van der Waals surface area contributed by atoms with E-state index in [-0.39, 0.29) is 23.7 Å². The van der Waals surface area contributed by atoms with Crippen LogP contribution in [-0.4, -0.2) is 27.2 Å². The molecule has 0 aromatic rings. The van der Waals surface area contributed by atoms with E-state index in [0.29, 0.717) is 10.9 Å². The third-order valence-corrected chi connectivity index (χ3v) is 5.57. The molecule has 1 saturated heterocycles. The lowest BCUT2D eigenvalue weighted by Gasteiger charge is -2.37. The van der Waals surface area contributed by atoms with Crippen molar-refractivity contribution in [2.45, 2.75) is 51.0 Å². The summed E-state index contributed by atoms with van der Waals surface area (Å²) in [5.41, 5.74) is 5.24. The van der Waals surface area contributed by atoms with E-state index in [1.165, 1.54) is 4.90 Å². The first-order chi connectivity index (χ1) is 8.97. The second-order valence-corrected chi connectivity index (χ2v) is 6.84. The molecule has 3 fully saturated rings. The van der Waals surface area contributed by atoms with Gasteiger partial charge in [0.15, 0.2) is 0 Å². The number of amides is 2. The highest BCUT2D eigenvalue weighted by Crippen LogP contribution is 2.48. The van der Waals surface area contributed by atoms with Crippen molar-refractivity contribution in [3.8, 4) is 0 Å². The predicted octanol–water partition coefficient (Wildman–Crippen LogP) is 1.62. The lowest BCUT2D eigenvalue weighted by molar-refractivity contribution is -0.145. The summed E-state index contributed by atoms with van der Waals surface area (Å²) in [6, 6.07) is 0. The molecule has 19 heavy (non-hydrogen) atoms. The summed E-state index contributed by atoms with van der Waals surface area (Å²) in [5, 5.41) is 0. The second kappa shape index (κ2) is 4.27. The topological polar surface area (TPSA) is 63.4 Å². The molecule has 2 unspecified atom stereocenters. The molecule has 2 atom stereocenters. The van der Waals surface area contributed by atoms with Gasteiger partial charge in [-0.25, -0.2) is 0 Å². The van der Waals surface area contributed by atoms with E-state index < -0.39 is 5.54 Å². The molecule has 0 aromatic carbocycles. The Morgan fingerprint density at radius 3 is 2.11 bits per heavy atom. The molecule has 5 heteroatoms. The Kier molecular flexibility index (Phi) is 2.93. The van der Waals surface area contributed by atoms with Crippen molar-refractivity contribution in [2.24, 2.45) is 23.5 Å². The van der Waals surface area contributed by atoms with Gasteiger partial charge >= 0.3 is 0 Å². The largest absolute Gasteiger partial charge is 0.391 e. The number of carbonyl (C=O) groups excluding carboxylic acids is 2. The van der Waals surface area contributed by atoms with Gasteiger partial charge in [-0.15, -0.1) is 0 Å². The van der Waals surface area contributed by atoms with Gasteiger partial charge in [-0.2, -0.15) is 0 Å². The summed E-state index contributed by atoms with van der Waals surface area (Å²) in [6.07, 6.45) is 5.13. The number of nitrogens with two attached hydrogens (primary N) is 1. The molecular formula is C14H20N2O2S. The van der Waals surface area contributed by atoms with Crippen LogP contribution >= 0.6 is 12.2 Å². The summed E-state index contributed by atoms with van der Waals surface area (Å²) in [5.74, 6) is 0.196. The SMILES string of the molecule is CC1CC2C(=O)N(C3(C(N)=S)CCCC3)C(=O)C2C1. The first kappa shape index (κ1) is 13.0. The molecule has 4 nitrogen and oxygen atoms in total. The van der Waals surface area contributed by atoms with Gasteiger partial charge in [0, 0.05) is 0 Å². The van der Waals surface area contributed by atoms with Crippen LogP contribution in [0.1, 0.15) is 45.4 Å². The van der Waals surface area contributed by atoms with Crippen LogP contribution in [0.25, 0.3) is 0 Å². The van der Waals surface area contributed by atoms with Crippen molar-refractivity contribution in [1.29, 1.82) is 0 Å². The smallest absolute Gasteiger partial charge is 0.233 e. The number of carbonyl (C=O) groups is 2. The summed E-state index contributed by atoms with van der Waals surface area (Å²) in [4.78, 5) is 27.0. The number of nitrogens with zero attached hydrogens (tertiary/aromatic N) is 1. The van der Waals surface area contributed by atoms with E-state index in [4.69, 9.17) is 18.0 Å². The maximum Gasteiger partial charge on any atom is 0.233 e. The number of imide groups is 1. The monoisotopic (exact) mass is 280 g/mol. The maximum atomic E-state index is 12.6. The van der Waals surface area contributed by atoms with Gasteiger partial charge in [-0.1, -0.05) is 32.0 Å². The average Bonchev–Trinajstić information content (AvgIpc) is 3.00. The molecule has 0 bridgehead atoms. The summed E-state index contributed by atoms with van der Waals surface area (Å²) in [6.45, 7) is 2.11. The fourth-order valence-electron chi connectivity index (χ4n) is 4.24. The number of thiocarbonyl (C=S) groups is 1. The molecular weight excluding hydrogens is 260 g/mol. The van der Waals surface area contributed by atoms with Crippen molar-refractivity contribution in [1.82, 2.24) is 4.90 Å². The number of likely N-dealkylation sites (tertiary alicyclic amines) is 1. The van der Waals surface area contributed by atoms with Gasteiger partial charge in [0.25, 0.3) is 0 Å². The van der Waals surface area contributed by atoms with Gasteiger partial charge in [-0.3, -0.25) is 14.5 Å². The Morgan fingerprint density at radius 2 is 1.68 bits per heavy atom. The quantitative estimate of drug-likeness (QED) is 0.616. The minimum Gasteiger partial charge on any atom is -0.391 e. The third-order valence-electron chi connectivity index (χ3n) is 5.19. The Labute approximate surface area is 118 Å². The molecule has 3 aliphatic rings. The fraction of sp³-hybridized carbons (Fsp3) is 0.786. The van der Waals surface area contributed by atoms with Crippen LogP contribution in [0, 0.1) is 17.8 Å². The Balaban J connectivity index is 1.96. The van der Waals surface area contributed by atoms with E-state index in [2.05, 4.69) is 6.92 Å². The zero-order chi connectivity index (χ0) is 13.8. The van der Waals surface area contributed by atoms with Crippen molar-refractivity contribution in [3.05, 3.63) is 0 Å². The molecule has 104 valence electrons. The van der Waals surface area contributed by atoms with Gasteiger partial charge < -0.3 is 5.73 Å². The predicted molar refractivity (Wildman–Crippen MR) is 75.2 cm³/mol. The van der Waals surface area contributed by atoms with E-state index >= 15 is 0 Å². The lowest BCUT2D eigenvalue weighted by Crippen LogP contribution is -2.58. The van der Waals surface area contributed by atoms with Crippen molar-refractivity contribution in [2.75, 3.05) is 0 Å². The second-order valence-electron chi connectivity index (χ2n) is 6.40. The molecule has 2 aliphatic carbocycles. The molecule has 0 aromatic heterocycles. The zero-order valence-electron chi connectivity index (χ0n) is 11.2. The normalized spacial score (nSPS) is 36.9. The van der Waals surface area contributed by atoms with Crippen LogP contribution in [0.2, 0.25) is 0 Å². The van der Waals surface area contributed by atoms with Crippen molar-refractivity contribution >= 4 is 29.0 Å². The van der Waals surface area contributed by atoms with Crippen LogP contribution in [0.5, 0.6) is 0 Å². The lowest BCUT2D eigenvalue weighted by atomic mass is 9.94. The van der Waals surface area contributed by atoms with Gasteiger partial charge in [0.1, 0.15) is 5.54 Å². The van der Waals surface area contributed by atoms with Gasteiger partial charge in [0.05, 0.1) is 16.8 Å². The summed E-state index contributed by atoms with van der Waals surface area (Å²) < 4.78 is 0. The minimum absolute atomic E-state index is 0.0194. The minimum atomic E-state index is -0.656. The van der Waals surface area contributed by atoms with Gasteiger partial charge in [-0.05, 0) is 31.6 Å². The number of rotatable bonds is 2. The highest BCUT2D eigenvalue weighted by atomic mass is 32.1. The molecule has 3 rings (SSSR count). The number of fused-ring (bicyclic) bond motifs is 1. The van der Waals surface area contributed by atoms with E-state index in [0.717, 1.165) is 38.5 Å². The van der Waals surface area contributed by atoms with Crippen LogP contribution in [0.4, 0.5) is 0 Å². The number of hydrogen-bond donors (Lipinski definition) is 1. The molecule has 1 aliphatic heterocycles. The van der Waals surface area contributed by atoms with Crippen LogP contribution in [0.15, 0.2) is 0 Å². The molecule has 2 N–H and O–H groups in total. The maximum absolute atomic E-state index is 12.6. The Bertz CT molecular complexity index is 432. The third kappa shape index (κ3) is 1.67. The Morgan fingerprint density at radius 1 is 1.21 bits per heavy atom. The summed E-state index contributed by atoms with van der Waals surface area (Å²) >= 11 is 5.20. The van der Waals surface area contributed by atoms with Crippen molar-refractivity contribution in [3.63, 3.8) is 0 Å². The van der Waals surface area contributed by atoms with Crippen LogP contribution in [0.3, 0.4) is 0 Å². The molecule has 1 heterocycles. The van der Waals surface area contributed by atoms with Crippen LogP contribution in [-0.2, 0) is 9.59 Å². The molecule has 0 spiro atoms. The van der Waals surface area contributed by atoms with E-state index in [1.807, 2.05) is 0 Å². The first-order valence-corrected chi connectivity index (χ1v) is 7.56. The highest BCUT2D eigenvalue weighted by molar-refractivity contribution is 7.80.